The molecule has 9 heavy (non-hydrogen) atoms. The summed E-state index contributed by atoms with van der Waals surface area (Å²) in [4.78, 5) is 0. The highest BCUT2D eigenvalue weighted by Gasteiger charge is 2.31. The molecule has 0 aromatic carbocycles. The number of aliphatic hydroxyl groups excluding tert-OH is 3. The summed E-state index contributed by atoms with van der Waals surface area (Å²) >= 11 is 0. The molecule has 1 aliphatic heterocycles. The summed E-state index contributed by atoms with van der Waals surface area (Å²) < 4.78 is 4.68. The van der Waals surface area contributed by atoms with Crippen molar-refractivity contribution in [1.82, 2.24) is 0 Å². The van der Waals surface area contributed by atoms with Crippen LogP contribution in [0.3, 0.4) is 0 Å². The molecule has 3 N–H and O–H groups in total. The standard InChI is InChI=1S/C5H10O4/c6-2-3-1-4(7)5(8)9-3/h3-8H,1-2H2/t3-,4-,5-/m1/s1. The first-order valence-electron chi connectivity index (χ1n) is 2.86. The van der Waals surface area contributed by atoms with Crippen LogP contribution in [0.15, 0.2) is 0 Å². The second-order valence-electron chi connectivity index (χ2n) is 2.13. The normalized spacial score (nSPS) is 43.7. The maximum Gasteiger partial charge on any atom is 0.181 e. The van der Waals surface area contributed by atoms with Gasteiger partial charge in [-0.25, -0.2) is 0 Å². The Morgan fingerprint density at radius 2 is 2.11 bits per heavy atom. The Morgan fingerprint density at radius 3 is 2.33 bits per heavy atom. The van der Waals surface area contributed by atoms with Gasteiger partial charge in [-0.1, -0.05) is 0 Å². The van der Waals surface area contributed by atoms with Crippen LogP contribution in [-0.4, -0.2) is 40.4 Å². The van der Waals surface area contributed by atoms with E-state index < -0.39 is 18.5 Å². The minimum atomic E-state index is -1.11. The Labute approximate surface area is 52.7 Å². The topological polar surface area (TPSA) is 69.9 Å². The summed E-state index contributed by atoms with van der Waals surface area (Å²) in [5.41, 5.74) is 0. The van der Waals surface area contributed by atoms with E-state index in [9.17, 15) is 0 Å². The Kier molecular flexibility index (Phi) is 2.02. The predicted molar refractivity (Wildman–Crippen MR) is 28.6 cm³/mol. The van der Waals surface area contributed by atoms with E-state index >= 15 is 0 Å². The van der Waals surface area contributed by atoms with E-state index in [1.807, 2.05) is 0 Å². The van der Waals surface area contributed by atoms with Gasteiger partial charge in [0.05, 0.1) is 12.7 Å². The van der Waals surface area contributed by atoms with E-state index in [1.54, 1.807) is 0 Å². The van der Waals surface area contributed by atoms with E-state index in [0.717, 1.165) is 0 Å². The molecule has 0 unspecified atom stereocenters. The second-order valence-corrected chi connectivity index (χ2v) is 2.13. The van der Waals surface area contributed by atoms with Crippen molar-refractivity contribution in [3.63, 3.8) is 0 Å². The molecule has 0 aromatic rings. The van der Waals surface area contributed by atoms with Gasteiger partial charge in [-0.2, -0.15) is 0 Å². The molecule has 0 amide bonds. The molecule has 4 nitrogen and oxygen atoms in total. The average Bonchev–Trinajstić information content (AvgIpc) is 2.13. The molecule has 1 aliphatic rings. The molecule has 54 valence electrons. The van der Waals surface area contributed by atoms with Crippen molar-refractivity contribution in [2.75, 3.05) is 6.61 Å². The van der Waals surface area contributed by atoms with Gasteiger partial charge in [0.1, 0.15) is 6.10 Å². The zero-order valence-corrected chi connectivity index (χ0v) is 4.90. The third-order valence-electron chi connectivity index (χ3n) is 1.37. The highest BCUT2D eigenvalue weighted by molar-refractivity contribution is 4.74. The Hall–Kier alpha value is -0.160. The van der Waals surface area contributed by atoms with Crippen LogP contribution in [-0.2, 0) is 4.74 Å². The lowest BCUT2D eigenvalue weighted by Gasteiger charge is -2.04. The Balaban J connectivity index is 2.35. The zero-order valence-electron chi connectivity index (χ0n) is 4.90. The van der Waals surface area contributed by atoms with Crippen LogP contribution in [0.4, 0.5) is 0 Å². The smallest absolute Gasteiger partial charge is 0.181 e. The molecule has 0 bridgehead atoms. The predicted octanol–water partition coefficient (Wildman–Crippen LogP) is -1.55. The lowest BCUT2D eigenvalue weighted by Crippen LogP contribution is -2.19. The molecule has 0 aliphatic carbocycles. The van der Waals surface area contributed by atoms with Crippen molar-refractivity contribution < 1.29 is 20.1 Å². The van der Waals surface area contributed by atoms with Crippen LogP contribution < -0.4 is 0 Å². The van der Waals surface area contributed by atoms with E-state index in [2.05, 4.69) is 4.74 Å². The van der Waals surface area contributed by atoms with Gasteiger partial charge in [0.25, 0.3) is 0 Å². The highest BCUT2D eigenvalue weighted by atomic mass is 16.6. The summed E-state index contributed by atoms with van der Waals surface area (Å²) in [5, 5.41) is 26.0. The summed E-state index contributed by atoms with van der Waals surface area (Å²) in [7, 11) is 0. The van der Waals surface area contributed by atoms with Crippen molar-refractivity contribution >= 4 is 0 Å². The largest absolute Gasteiger partial charge is 0.394 e. The SMILES string of the molecule is OC[C@H]1C[C@@H](O)[C@H](O)O1. The fourth-order valence-corrected chi connectivity index (χ4v) is 0.847. The molecule has 1 saturated heterocycles. The molecule has 0 aromatic heterocycles. The van der Waals surface area contributed by atoms with Gasteiger partial charge in [-0.05, 0) is 0 Å². The van der Waals surface area contributed by atoms with Crippen molar-refractivity contribution in [3.8, 4) is 0 Å². The van der Waals surface area contributed by atoms with Crippen LogP contribution in [0.2, 0.25) is 0 Å². The third kappa shape index (κ3) is 1.40. The van der Waals surface area contributed by atoms with Crippen LogP contribution in [0.25, 0.3) is 0 Å². The zero-order chi connectivity index (χ0) is 6.85. The van der Waals surface area contributed by atoms with Gasteiger partial charge in [-0.15, -0.1) is 0 Å². The van der Waals surface area contributed by atoms with Gasteiger partial charge in [-0.3, -0.25) is 0 Å². The van der Waals surface area contributed by atoms with E-state index in [1.165, 1.54) is 0 Å². The van der Waals surface area contributed by atoms with Crippen molar-refractivity contribution in [2.24, 2.45) is 0 Å². The fourth-order valence-electron chi connectivity index (χ4n) is 0.847. The average molecular weight is 134 g/mol. The molecule has 0 radical (unpaired) electrons. The molecule has 1 heterocycles. The quantitative estimate of drug-likeness (QED) is 0.406. The molecule has 0 spiro atoms. The minimum Gasteiger partial charge on any atom is -0.394 e. The Morgan fingerprint density at radius 1 is 1.44 bits per heavy atom. The molecular formula is C5H10O4. The monoisotopic (exact) mass is 134 g/mol. The molecule has 0 saturated carbocycles. The molecule has 4 heteroatoms. The van der Waals surface area contributed by atoms with Gasteiger partial charge >= 0.3 is 0 Å². The first kappa shape index (κ1) is 6.95. The van der Waals surface area contributed by atoms with Crippen molar-refractivity contribution in [2.45, 2.75) is 24.9 Å². The van der Waals surface area contributed by atoms with E-state index in [-0.39, 0.29) is 6.61 Å². The summed E-state index contributed by atoms with van der Waals surface area (Å²) in [5.74, 6) is 0. The fraction of sp³-hybridized carbons (Fsp3) is 1.00. The lowest BCUT2D eigenvalue weighted by molar-refractivity contribution is -0.132. The van der Waals surface area contributed by atoms with Crippen LogP contribution in [0.1, 0.15) is 6.42 Å². The van der Waals surface area contributed by atoms with Crippen LogP contribution in [0, 0.1) is 0 Å². The maximum absolute atomic E-state index is 8.81. The first-order chi connectivity index (χ1) is 4.24. The van der Waals surface area contributed by atoms with Gasteiger partial charge in [0.15, 0.2) is 6.29 Å². The number of ether oxygens (including phenoxy) is 1. The minimum absolute atomic E-state index is 0.145. The summed E-state index contributed by atoms with van der Waals surface area (Å²) in [6, 6.07) is 0. The van der Waals surface area contributed by atoms with Crippen LogP contribution in [0.5, 0.6) is 0 Å². The lowest BCUT2D eigenvalue weighted by atomic mass is 10.2. The van der Waals surface area contributed by atoms with E-state index in [0.29, 0.717) is 6.42 Å². The first-order valence-corrected chi connectivity index (χ1v) is 2.86. The number of hydrogen-bond acceptors (Lipinski definition) is 4. The molecular weight excluding hydrogens is 124 g/mol. The van der Waals surface area contributed by atoms with Gasteiger partial charge in [0, 0.05) is 6.42 Å². The maximum atomic E-state index is 8.81. The molecule has 3 atom stereocenters. The molecule has 1 fully saturated rings. The summed E-state index contributed by atoms with van der Waals surface area (Å²) in [6.45, 7) is -0.145. The van der Waals surface area contributed by atoms with Crippen LogP contribution >= 0.6 is 0 Å². The number of aliphatic hydroxyl groups is 3. The van der Waals surface area contributed by atoms with E-state index in [4.69, 9.17) is 15.3 Å². The van der Waals surface area contributed by atoms with Crippen molar-refractivity contribution in [3.05, 3.63) is 0 Å². The number of rotatable bonds is 1. The second kappa shape index (κ2) is 2.62. The van der Waals surface area contributed by atoms with Gasteiger partial charge in [0.2, 0.25) is 0 Å². The van der Waals surface area contributed by atoms with Crippen molar-refractivity contribution in [1.29, 1.82) is 0 Å². The highest BCUT2D eigenvalue weighted by Crippen LogP contribution is 2.17. The third-order valence-corrected chi connectivity index (χ3v) is 1.37. The Bertz CT molecular complexity index is 85.0. The molecule has 1 rings (SSSR count). The van der Waals surface area contributed by atoms with Gasteiger partial charge < -0.3 is 20.1 Å². The number of hydrogen-bond donors (Lipinski definition) is 3. The summed E-state index contributed by atoms with van der Waals surface area (Å²) in [6.07, 6.45) is -2.02.